The molecule has 2 rings (SSSR count). The largest absolute Gasteiger partial charge is 0.300 e. The Bertz CT molecular complexity index is 937. The lowest BCUT2D eigenvalue weighted by Crippen LogP contribution is -2.56. The van der Waals surface area contributed by atoms with Gasteiger partial charge >= 0.3 is 5.69 Å². The normalized spacial score (nSPS) is 11.1. The van der Waals surface area contributed by atoms with Gasteiger partial charge in [0, 0.05) is 15.6 Å². The van der Waals surface area contributed by atoms with Crippen LogP contribution in [0.2, 0.25) is 15.1 Å². The van der Waals surface area contributed by atoms with Crippen LogP contribution in [0.15, 0.2) is 36.4 Å². The number of carbonyl (C=O) groups is 2. The molecule has 0 heterocycles. The molecule has 0 saturated carbocycles. The van der Waals surface area contributed by atoms with E-state index < -0.39 is 28.0 Å². The van der Waals surface area contributed by atoms with E-state index in [-0.39, 0.29) is 26.2 Å². The van der Waals surface area contributed by atoms with Crippen LogP contribution in [-0.2, 0) is 0 Å². The predicted molar refractivity (Wildman–Crippen MR) is 108 cm³/mol. The number of halogens is 3. The maximum Gasteiger partial charge on any atom is 0.300 e. The average Bonchev–Trinajstić information content (AvgIpc) is 2.56. The van der Waals surface area contributed by atoms with Gasteiger partial charge in [-0.3, -0.25) is 25.1 Å². The highest BCUT2D eigenvalue weighted by Crippen LogP contribution is 2.29. The average molecular weight is 445 g/mol. The highest BCUT2D eigenvalue weighted by Gasteiger charge is 2.32. The number of amides is 2. The fourth-order valence-electron chi connectivity index (χ4n) is 2.38. The molecule has 0 radical (unpaired) electrons. The summed E-state index contributed by atoms with van der Waals surface area (Å²) in [4.78, 5) is 36.2. The summed E-state index contributed by atoms with van der Waals surface area (Å²) in [6.07, 6.45) is 0. The second-order valence-corrected chi connectivity index (χ2v) is 8.08. The van der Waals surface area contributed by atoms with Gasteiger partial charge in [0.15, 0.2) is 0 Å². The van der Waals surface area contributed by atoms with Crippen molar-refractivity contribution in [2.24, 2.45) is 0 Å². The Balaban J connectivity index is 2.44. The van der Waals surface area contributed by atoms with Gasteiger partial charge in [0.05, 0.1) is 10.5 Å². The Morgan fingerprint density at radius 2 is 1.64 bits per heavy atom. The Morgan fingerprint density at radius 3 is 2.14 bits per heavy atom. The number of hydrazine groups is 1. The molecule has 0 atom stereocenters. The molecule has 0 bridgehead atoms. The number of nitro groups is 1. The summed E-state index contributed by atoms with van der Waals surface area (Å²) in [6.45, 7) is 5.05. The minimum Gasteiger partial charge on any atom is -0.267 e. The van der Waals surface area contributed by atoms with Gasteiger partial charge in [-0.15, -0.1) is 0 Å². The Hall–Kier alpha value is -2.35. The van der Waals surface area contributed by atoms with E-state index in [9.17, 15) is 19.7 Å². The van der Waals surface area contributed by atoms with Crippen molar-refractivity contribution in [1.82, 2.24) is 10.4 Å². The van der Waals surface area contributed by atoms with Crippen molar-refractivity contribution in [3.8, 4) is 0 Å². The van der Waals surface area contributed by atoms with E-state index in [1.54, 1.807) is 20.8 Å². The van der Waals surface area contributed by atoms with Crippen molar-refractivity contribution < 1.29 is 14.5 Å². The van der Waals surface area contributed by atoms with Crippen molar-refractivity contribution in [3.63, 3.8) is 0 Å². The summed E-state index contributed by atoms with van der Waals surface area (Å²) in [5.74, 6) is -1.44. The van der Waals surface area contributed by atoms with Gasteiger partial charge in [-0.2, -0.15) is 0 Å². The van der Waals surface area contributed by atoms with E-state index >= 15 is 0 Å². The van der Waals surface area contributed by atoms with Crippen molar-refractivity contribution in [2.45, 2.75) is 26.3 Å². The molecule has 0 aliphatic carbocycles. The van der Waals surface area contributed by atoms with E-state index in [2.05, 4.69) is 5.43 Å². The molecule has 7 nitrogen and oxygen atoms in total. The van der Waals surface area contributed by atoms with E-state index in [1.165, 1.54) is 36.4 Å². The molecular weight excluding hydrogens is 429 g/mol. The fraction of sp³-hybridized carbons (Fsp3) is 0.222. The lowest BCUT2D eigenvalue weighted by molar-refractivity contribution is -0.385. The van der Waals surface area contributed by atoms with Crippen molar-refractivity contribution >= 4 is 52.3 Å². The number of rotatable bonds is 3. The van der Waals surface area contributed by atoms with Gasteiger partial charge in [-0.05, 0) is 51.1 Å². The molecule has 28 heavy (non-hydrogen) atoms. The summed E-state index contributed by atoms with van der Waals surface area (Å²) in [5.41, 5.74) is 0.887. The molecule has 0 fully saturated rings. The monoisotopic (exact) mass is 443 g/mol. The number of nitrogens with zero attached hydrogens (tertiary/aromatic N) is 2. The molecule has 0 aliphatic rings. The molecule has 0 saturated heterocycles. The number of nitrogens with one attached hydrogen (secondary N) is 1. The van der Waals surface area contributed by atoms with Gasteiger partial charge in [0.1, 0.15) is 10.6 Å². The van der Waals surface area contributed by atoms with Crippen LogP contribution >= 0.6 is 34.8 Å². The smallest absolute Gasteiger partial charge is 0.267 e. The number of hydrogen-bond donors (Lipinski definition) is 1. The zero-order valence-corrected chi connectivity index (χ0v) is 17.4. The first-order chi connectivity index (χ1) is 12.9. The Labute approximate surface area is 176 Å². The van der Waals surface area contributed by atoms with Gasteiger partial charge in [-0.1, -0.05) is 40.9 Å². The van der Waals surface area contributed by atoms with Crippen LogP contribution in [0.3, 0.4) is 0 Å². The molecule has 0 aromatic heterocycles. The van der Waals surface area contributed by atoms with Gasteiger partial charge < -0.3 is 0 Å². The Morgan fingerprint density at radius 1 is 1.07 bits per heavy atom. The second kappa shape index (κ2) is 8.34. The van der Waals surface area contributed by atoms with Gasteiger partial charge in [0.2, 0.25) is 0 Å². The lowest BCUT2D eigenvalue weighted by atomic mass is 10.1. The molecular formula is C18H16Cl3N3O4. The molecule has 2 amide bonds. The summed E-state index contributed by atoms with van der Waals surface area (Å²) in [7, 11) is 0. The zero-order valence-electron chi connectivity index (χ0n) is 15.1. The van der Waals surface area contributed by atoms with E-state index in [0.717, 1.165) is 5.01 Å². The minimum absolute atomic E-state index is 0.147. The van der Waals surface area contributed by atoms with Crippen LogP contribution < -0.4 is 5.43 Å². The highest BCUT2D eigenvalue weighted by atomic mass is 35.5. The molecule has 1 N–H and O–H groups in total. The molecule has 0 unspecified atom stereocenters. The van der Waals surface area contributed by atoms with Crippen LogP contribution in [0.1, 0.15) is 41.5 Å². The van der Waals surface area contributed by atoms with Crippen LogP contribution in [0.4, 0.5) is 5.69 Å². The van der Waals surface area contributed by atoms with Gasteiger partial charge in [-0.25, -0.2) is 5.01 Å². The van der Waals surface area contributed by atoms with Crippen LogP contribution in [0, 0.1) is 10.1 Å². The maximum atomic E-state index is 13.0. The first-order valence-corrected chi connectivity index (χ1v) is 9.09. The highest BCUT2D eigenvalue weighted by molar-refractivity contribution is 6.35. The molecule has 2 aromatic carbocycles. The summed E-state index contributed by atoms with van der Waals surface area (Å²) in [6, 6.07) is 8.24. The number of benzene rings is 2. The predicted octanol–water partition coefficient (Wildman–Crippen LogP) is 5.14. The first kappa shape index (κ1) is 21.9. The zero-order chi connectivity index (χ0) is 21.2. The summed E-state index contributed by atoms with van der Waals surface area (Å²) in [5, 5.41) is 12.7. The summed E-state index contributed by atoms with van der Waals surface area (Å²) < 4.78 is 0. The topological polar surface area (TPSA) is 92.6 Å². The van der Waals surface area contributed by atoms with Crippen LogP contribution in [0.5, 0.6) is 0 Å². The fourth-order valence-corrected chi connectivity index (χ4v) is 3.15. The van der Waals surface area contributed by atoms with Crippen molar-refractivity contribution in [2.75, 3.05) is 0 Å². The molecule has 0 spiro atoms. The molecule has 10 heteroatoms. The standard InChI is InChI=1S/C18H16Cl3N3O4/c1-18(2,3)23(17(26)10-7-11(19)9-12(20)8-10)22-16(25)13-5-4-6-14(21)15(13)24(27)28/h4-9H,1-3H3,(H,22,25). The van der Waals surface area contributed by atoms with Gasteiger partial charge in [0.25, 0.3) is 11.8 Å². The third-order valence-electron chi connectivity index (χ3n) is 3.61. The lowest BCUT2D eigenvalue weighted by Gasteiger charge is -2.35. The van der Waals surface area contributed by atoms with Crippen molar-refractivity contribution in [1.29, 1.82) is 0 Å². The second-order valence-electron chi connectivity index (χ2n) is 6.80. The Kier molecular flexibility index (Phi) is 6.54. The van der Waals surface area contributed by atoms with E-state index in [4.69, 9.17) is 34.8 Å². The SMILES string of the molecule is CC(C)(C)N(NC(=O)c1cccc(Cl)c1[N+](=O)[O-])C(=O)c1cc(Cl)cc(Cl)c1. The van der Waals surface area contributed by atoms with Crippen LogP contribution in [0.25, 0.3) is 0 Å². The maximum absolute atomic E-state index is 13.0. The minimum atomic E-state index is -0.866. The molecule has 0 aliphatic heterocycles. The van der Waals surface area contributed by atoms with E-state index in [1.807, 2.05) is 0 Å². The summed E-state index contributed by atoms with van der Waals surface area (Å²) >= 11 is 17.8. The number of hydrogen-bond acceptors (Lipinski definition) is 4. The first-order valence-electron chi connectivity index (χ1n) is 7.96. The van der Waals surface area contributed by atoms with Crippen LogP contribution in [-0.4, -0.2) is 27.3 Å². The number of carbonyl (C=O) groups excluding carboxylic acids is 2. The molecule has 2 aromatic rings. The third-order valence-corrected chi connectivity index (χ3v) is 4.35. The number of para-hydroxylation sites is 1. The van der Waals surface area contributed by atoms with Crippen molar-refractivity contribution in [3.05, 3.63) is 72.7 Å². The van der Waals surface area contributed by atoms with E-state index in [0.29, 0.717) is 0 Å². The third kappa shape index (κ3) is 4.92. The molecule has 148 valence electrons. The number of nitro benzene ring substituents is 1. The quantitative estimate of drug-likeness (QED) is 0.524.